The Morgan fingerprint density at radius 2 is 2.22 bits per heavy atom. The number of halogens is 1. The number of rotatable bonds is 6. The Morgan fingerprint density at radius 1 is 1.56 bits per heavy atom. The number of carbonyl (C=O) groups is 1. The lowest BCUT2D eigenvalue weighted by molar-refractivity contribution is 0.1000. The molecular weight excluding hydrogens is 235 g/mol. The summed E-state index contributed by atoms with van der Waals surface area (Å²) >= 11 is 0. The van der Waals surface area contributed by atoms with Gasteiger partial charge in [0.15, 0.2) is 0 Å². The second-order valence-corrected chi connectivity index (χ2v) is 4.44. The molecule has 3 N–H and O–H groups in total. The van der Waals surface area contributed by atoms with E-state index in [1.54, 1.807) is 20.1 Å². The predicted molar refractivity (Wildman–Crippen MR) is 69.2 cm³/mol. The summed E-state index contributed by atoms with van der Waals surface area (Å²) in [6.45, 7) is 4.92. The lowest BCUT2D eigenvalue weighted by atomic mass is 10.1. The van der Waals surface area contributed by atoms with Crippen LogP contribution in [0.25, 0.3) is 0 Å². The summed E-state index contributed by atoms with van der Waals surface area (Å²) in [6, 6.07) is 2.72. The van der Waals surface area contributed by atoms with Crippen molar-refractivity contribution in [3.05, 3.63) is 29.1 Å². The average Bonchev–Trinajstić information content (AvgIpc) is 2.31. The Morgan fingerprint density at radius 3 is 2.78 bits per heavy atom. The van der Waals surface area contributed by atoms with Gasteiger partial charge >= 0.3 is 0 Å². The SMILES string of the molecule is COCC(C)CNc1cc(C(N)=O)cc(F)c1C. The Balaban J connectivity index is 2.84. The van der Waals surface area contributed by atoms with E-state index >= 15 is 0 Å². The summed E-state index contributed by atoms with van der Waals surface area (Å²) in [5.41, 5.74) is 6.38. The molecule has 1 aromatic rings. The van der Waals surface area contributed by atoms with Gasteiger partial charge in [0.25, 0.3) is 0 Å². The minimum atomic E-state index is -0.637. The van der Waals surface area contributed by atoms with Gasteiger partial charge in [-0.15, -0.1) is 0 Å². The number of primary amides is 1. The van der Waals surface area contributed by atoms with Crippen molar-refractivity contribution in [2.24, 2.45) is 11.7 Å². The van der Waals surface area contributed by atoms with Gasteiger partial charge in [-0.3, -0.25) is 4.79 Å². The van der Waals surface area contributed by atoms with Crippen molar-refractivity contribution < 1.29 is 13.9 Å². The second-order valence-electron chi connectivity index (χ2n) is 4.44. The van der Waals surface area contributed by atoms with Gasteiger partial charge < -0.3 is 15.8 Å². The molecule has 0 aliphatic heterocycles. The van der Waals surface area contributed by atoms with E-state index < -0.39 is 11.7 Å². The first-order chi connectivity index (χ1) is 8.45. The highest BCUT2D eigenvalue weighted by atomic mass is 19.1. The molecule has 1 atom stereocenters. The summed E-state index contributed by atoms with van der Waals surface area (Å²) in [7, 11) is 1.63. The zero-order chi connectivity index (χ0) is 13.7. The summed E-state index contributed by atoms with van der Waals surface area (Å²) < 4.78 is 18.6. The van der Waals surface area contributed by atoms with Crippen LogP contribution in [0.2, 0.25) is 0 Å². The van der Waals surface area contributed by atoms with Crippen LogP contribution in [0, 0.1) is 18.7 Å². The lowest BCUT2D eigenvalue weighted by Crippen LogP contribution is -2.18. The van der Waals surface area contributed by atoms with Gasteiger partial charge in [-0.2, -0.15) is 0 Å². The number of benzene rings is 1. The van der Waals surface area contributed by atoms with E-state index in [2.05, 4.69) is 5.32 Å². The molecule has 4 nitrogen and oxygen atoms in total. The number of methoxy groups -OCH3 is 1. The third-order valence-electron chi connectivity index (χ3n) is 2.72. The Labute approximate surface area is 106 Å². The smallest absolute Gasteiger partial charge is 0.248 e. The maximum absolute atomic E-state index is 13.6. The Kier molecular flexibility index (Phi) is 5.09. The monoisotopic (exact) mass is 254 g/mol. The highest BCUT2D eigenvalue weighted by Gasteiger charge is 2.11. The van der Waals surface area contributed by atoms with Crippen molar-refractivity contribution in [2.75, 3.05) is 25.6 Å². The number of anilines is 1. The molecule has 1 unspecified atom stereocenters. The predicted octanol–water partition coefficient (Wildman–Crippen LogP) is 1.93. The summed E-state index contributed by atoms with van der Waals surface area (Å²) in [6.07, 6.45) is 0. The molecule has 0 spiro atoms. The summed E-state index contributed by atoms with van der Waals surface area (Å²) in [5, 5.41) is 3.11. The van der Waals surface area contributed by atoms with Crippen molar-refractivity contribution in [3.63, 3.8) is 0 Å². The number of amides is 1. The third kappa shape index (κ3) is 3.70. The fourth-order valence-corrected chi connectivity index (χ4v) is 1.63. The van der Waals surface area contributed by atoms with Gasteiger partial charge in [0.05, 0.1) is 6.61 Å². The molecule has 100 valence electrons. The molecule has 0 aliphatic rings. The first kappa shape index (κ1) is 14.4. The normalized spacial score (nSPS) is 12.2. The number of hydrogen-bond acceptors (Lipinski definition) is 3. The molecule has 0 heterocycles. The van der Waals surface area contributed by atoms with E-state index in [1.165, 1.54) is 0 Å². The molecular formula is C13H19FN2O2. The van der Waals surface area contributed by atoms with Crippen LogP contribution >= 0.6 is 0 Å². The minimum Gasteiger partial charge on any atom is -0.384 e. The molecule has 0 saturated carbocycles. The topological polar surface area (TPSA) is 64.3 Å². The van der Waals surface area contributed by atoms with Gasteiger partial charge in [-0.25, -0.2) is 4.39 Å². The maximum atomic E-state index is 13.6. The highest BCUT2D eigenvalue weighted by molar-refractivity contribution is 5.94. The van der Waals surface area contributed by atoms with E-state index in [0.29, 0.717) is 24.4 Å². The first-order valence-corrected chi connectivity index (χ1v) is 5.78. The highest BCUT2D eigenvalue weighted by Crippen LogP contribution is 2.21. The van der Waals surface area contributed by atoms with Gasteiger partial charge in [-0.05, 0) is 25.0 Å². The number of ether oxygens (including phenoxy) is 1. The third-order valence-corrected chi connectivity index (χ3v) is 2.72. The zero-order valence-electron chi connectivity index (χ0n) is 10.9. The molecule has 0 saturated heterocycles. The van der Waals surface area contributed by atoms with Crippen molar-refractivity contribution in [2.45, 2.75) is 13.8 Å². The Bertz CT molecular complexity index is 435. The van der Waals surface area contributed by atoms with E-state index in [1.807, 2.05) is 6.92 Å². The van der Waals surface area contributed by atoms with E-state index in [0.717, 1.165) is 6.07 Å². The number of nitrogens with two attached hydrogens (primary N) is 1. The first-order valence-electron chi connectivity index (χ1n) is 5.78. The van der Waals surface area contributed by atoms with Crippen LogP contribution in [0.5, 0.6) is 0 Å². The van der Waals surface area contributed by atoms with E-state index in [4.69, 9.17) is 10.5 Å². The van der Waals surface area contributed by atoms with Crippen LogP contribution in [0.4, 0.5) is 10.1 Å². The minimum absolute atomic E-state index is 0.167. The van der Waals surface area contributed by atoms with Crippen LogP contribution < -0.4 is 11.1 Å². The van der Waals surface area contributed by atoms with Crippen LogP contribution in [0.3, 0.4) is 0 Å². The molecule has 0 bridgehead atoms. The molecule has 1 rings (SSSR count). The fraction of sp³-hybridized carbons (Fsp3) is 0.462. The van der Waals surface area contributed by atoms with Gasteiger partial charge in [0.1, 0.15) is 5.82 Å². The van der Waals surface area contributed by atoms with Crippen molar-refractivity contribution in [1.29, 1.82) is 0 Å². The van der Waals surface area contributed by atoms with Crippen molar-refractivity contribution >= 4 is 11.6 Å². The Hall–Kier alpha value is -1.62. The quantitative estimate of drug-likeness (QED) is 0.815. The zero-order valence-corrected chi connectivity index (χ0v) is 10.9. The van der Waals surface area contributed by atoms with Crippen LogP contribution in [0.1, 0.15) is 22.8 Å². The van der Waals surface area contributed by atoms with Crippen molar-refractivity contribution in [1.82, 2.24) is 0 Å². The fourth-order valence-electron chi connectivity index (χ4n) is 1.63. The van der Waals surface area contributed by atoms with Gasteiger partial charge in [-0.1, -0.05) is 6.92 Å². The molecule has 0 fully saturated rings. The van der Waals surface area contributed by atoms with E-state index in [9.17, 15) is 9.18 Å². The molecule has 0 aliphatic carbocycles. The molecule has 0 aromatic heterocycles. The second kappa shape index (κ2) is 6.35. The maximum Gasteiger partial charge on any atom is 0.248 e. The largest absolute Gasteiger partial charge is 0.384 e. The van der Waals surface area contributed by atoms with Crippen LogP contribution in [-0.4, -0.2) is 26.2 Å². The van der Waals surface area contributed by atoms with E-state index in [-0.39, 0.29) is 11.5 Å². The van der Waals surface area contributed by atoms with Gasteiger partial charge in [0.2, 0.25) is 5.91 Å². The average molecular weight is 254 g/mol. The standard InChI is InChI=1S/C13H19FN2O2/c1-8(7-18-3)6-16-12-5-10(13(15)17)4-11(14)9(12)2/h4-5,8,16H,6-7H2,1-3H3,(H2,15,17). The summed E-state index contributed by atoms with van der Waals surface area (Å²) in [4.78, 5) is 11.1. The number of hydrogen-bond donors (Lipinski definition) is 2. The molecule has 0 radical (unpaired) electrons. The summed E-state index contributed by atoms with van der Waals surface area (Å²) in [5.74, 6) is -0.787. The number of carbonyl (C=O) groups excluding carboxylic acids is 1. The molecule has 18 heavy (non-hydrogen) atoms. The lowest BCUT2D eigenvalue weighted by Gasteiger charge is -2.15. The molecule has 5 heteroatoms. The molecule has 1 amide bonds. The van der Waals surface area contributed by atoms with Gasteiger partial charge in [0, 0.05) is 30.5 Å². The number of nitrogens with one attached hydrogen (secondary N) is 1. The van der Waals surface area contributed by atoms with Crippen LogP contribution in [0.15, 0.2) is 12.1 Å². The molecule has 1 aromatic carbocycles. The van der Waals surface area contributed by atoms with Crippen LogP contribution in [-0.2, 0) is 4.74 Å². The van der Waals surface area contributed by atoms with Crippen molar-refractivity contribution in [3.8, 4) is 0 Å².